The summed E-state index contributed by atoms with van der Waals surface area (Å²) in [4.78, 5) is 26.9. The molecule has 1 unspecified atom stereocenters. The largest absolute Gasteiger partial charge is 0.484 e. The molecule has 6 nitrogen and oxygen atoms in total. The number of hydrogen-bond acceptors (Lipinski definition) is 4. The molecule has 1 aliphatic rings. The maximum absolute atomic E-state index is 12.3. The third-order valence-corrected chi connectivity index (χ3v) is 4.44. The number of carboxylic acids is 1. The number of hydrogen-bond donors (Lipinski definition) is 1. The van der Waals surface area contributed by atoms with Crippen LogP contribution in [0.3, 0.4) is 0 Å². The van der Waals surface area contributed by atoms with Gasteiger partial charge in [0, 0.05) is 19.1 Å². The van der Waals surface area contributed by atoms with Gasteiger partial charge in [0.25, 0.3) is 5.91 Å². The Morgan fingerprint density at radius 1 is 1.25 bits per heavy atom. The van der Waals surface area contributed by atoms with E-state index in [1.54, 1.807) is 0 Å². The molecular weight excluding hydrogens is 308 g/mol. The summed E-state index contributed by atoms with van der Waals surface area (Å²) in [6.07, 6.45) is 2.58. The molecule has 2 rings (SSSR count). The maximum Gasteiger partial charge on any atom is 0.317 e. The van der Waals surface area contributed by atoms with E-state index in [1.807, 2.05) is 48.0 Å². The zero-order valence-corrected chi connectivity index (χ0v) is 14.4. The van der Waals surface area contributed by atoms with Gasteiger partial charge in [-0.25, -0.2) is 0 Å². The number of ether oxygens (including phenoxy) is 1. The molecule has 1 aromatic rings. The molecule has 0 spiro atoms. The van der Waals surface area contributed by atoms with Crippen LogP contribution in [0.15, 0.2) is 24.3 Å². The minimum Gasteiger partial charge on any atom is -0.484 e. The third kappa shape index (κ3) is 5.53. The van der Waals surface area contributed by atoms with Crippen molar-refractivity contribution in [3.63, 3.8) is 0 Å². The van der Waals surface area contributed by atoms with Crippen molar-refractivity contribution >= 4 is 11.9 Å². The molecule has 0 saturated carbocycles. The Morgan fingerprint density at radius 3 is 2.62 bits per heavy atom. The van der Waals surface area contributed by atoms with Crippen molar-refractivity contribution in [3.05, 3.63) is 29.8 Å². The summed E-state index contributed by atoms with van der Waals surface area (Å²) in [6, 6.07) is 7.84. The van der Waals surface area contributed by atoms with Crippen LogP contribution in [0, 0.1) is 6.92 Å². The molecule has 6 heteroatoms. The zero-order chi connectivity index (χ0) is 17.5. The molecule has 1 N–H and O–H groups in total. The summed E-state index contributed by atoms with van der Waals surface area (Å²) in [7, 11) is 1.83. The van der Waals surface area contributed by atoms with Gasteiger partial charge in [-0.05, 0) is 45.4 Å². The van der Waals surface area contributed by atoms with Gasteiger partial charge in [-0.15, -0.1) is 0 Å². The lowest BCUT2D eigenvalue weighted by Gasteiger charge is -2.25. The van der Waals surface area contributed by atoms with E-state index in [9.17, 15) is 9.59 Å². The topological polar surface area (TPSA) is 70.1 Å². The number of carbonyl (C=O) groups is 2. The quantitative estimate of drug-likeness (QED) is 0.858. The minimum atomic E-state index is -0.818. The standard InChI is InChI=1S/C18H26N2O4/c1-14-5-7-16(8-6-14)24-13-17(21)20-10-3-4-15(9-11-20)19(2)12-18(22)23/h5-8,15H,3-4,9-13H2,1-2H3,(H,22,23). The first kappa shape index (κ1) is 18.3. The van der Waals surface area contributed by atoms with Crippen molar-refractivity contribution in [2.24, 2.45) is 0 Å². The molecule has 0 aromatic heterocycles. The Balaban J connectivity index is 1.81. The fraction of sp³-hybridized carbons (Fsp3) is 0.556. The summed E-state index contributed by atoms with van der Waals surface area (Å²) in [5.41, 5.74) is 1.15. The van der Waals surface area contributed by atoms with Crippen molar-refractivity contribution in [2.45, 2.75) is 32.2 Å². The van der Waals surface area contributed by atoms with E-state index >= 15 is 0 Å². The van der Waals surface area contributed by atoms with E-state index in [2.05, 4.69) is 0 Å². The van der Waals surface area contributed by atoms with Gasteiger partial charge >= 0.3 is 5.97 Å². The molecule has 0 aliphatic carbocycles. The molecule has 1 atom stereocenters. The van der Waals surface area contributed by atoms with Crippen LogP contribution in [0.25, 0.3) is 0 Å². The monoisotopic (exact) mass is 334 g/mol. The fourth-order valence-electron chi connectivity index (χ4n) is 2.98. The predicted octanol–water partition coefficient (Wildman–Crippen LogP) is 1.77. The average molecular weight is 334 g/mol. The molecule has 132 valence electrons. The Kier molecular flexibility index (Phi) is 6.61. The number of likely N-dealkylation sites (tertiary alicyclic amines) is 1. The summed E-state index contributed by atoms with van der Waals surface area (Å²) >= 11 is 0. The number of carboxylic acid groups (broad SMARTS) is 1. The van der Waals surface area contributed by atoms with Gasteiger partial charge in [0.1, 0.15) is 5.75 Å². The molecule has 0 radical (unpaired) electrons. The number of amides is 1. The number of benzene rings is 1. The number of aryl methyl sites for hydroxylation is 1. The highest BCUT2D eigenvalue weighted by Crippen LogP contribution is 2.16. The number of likely N-dealkylation sites (N-methyl/N-ethyl adjacent to an activating group) is 1. The maximum atomic E-state index is 12.3. The Morgan fingerprint density at radius 2 is 1.96 bits per heavy atom. The smallest absolute Gasteiger partial charge is 0.317 e. The van der Waals surface area contributed by atoms with Crippen molar-refractivity contribution in [3.8, 4) is 5.75 Å². The predicted molar refractivity (Wildman–Crippen MR) is 91.2 cm³/mol. The first-order valence-corrected chi connectivity index (χ1v) is 8.35. The van der Waals surface area contributed by atoms with Crippen LogP contribution in [0.2, 0.25) is 0 Å². The minimum absolute atomic E-state index is 0.0166. The van der Waals surface area contributed by atoms with E-state index in [4.69, 9.17) is 9.84 Å². The zero-order valence-electron chi connectivity index (χ0n) is 14.4. The molecule has 1 saturated heterocycles. The van der Waals surface area contributed by atoms with Crippen molar-refractivity contribution in [1.29, 1.82) is 0 Å². The van der Waals surface area contributed by atoms with Crippen molar-refractivity contribution in [1.82, 2.24) is 9.80 Å². The lowest BCUT2D eigenvalue weighted by molar-refractivity contribution is -0.138. The Hall–Kier alpha value is -2.08. The summed E-state index contributed by atoms with van der Waals surface area (Å²) in [5.74, 6) is -0.138. The first-order chi connectivity index (χ1) is 11.5. The van der Waals surface area contributed by atoms with Gasteiger partial charge in [-0.3, -0.25) is 14.5 Å². The molecule has 1 fully saturated rings. The molecule has 0 bridgehead atoms. The summed E-state index contributed by atoms with van der Waals surface area (Å²) < 4.78 is 5.56. The molecular formula is C18H26N2O4. The van der Waals surface area contributed by atoms with Gasteiger partial charge in [-0.1, -0.05) is 17.7 Å². The number of carbonyl (C=O) groups excluding carboxylic acids is 1. The van der Waals surface area contributed by atoms with E-state index in [0.29, 0.717) is 18.8 Å². The van der Waals surface area contributed by atoms with Crippen LogP contribution in [-0.2, 0) is 9.59 Å². The lowest BCUT2D eigenvalue weighted by Crippen LogP contribution is -2.38. The van der Waals surface area contributed by atoms with Crippen LogP contribution in [0.4, 0.5) is 0 Å². The van der Waals surface area contributed by atoms with E-state index in [1.165, 1.54) is 0 Å². The number of nitrogens with zero attached hydrogens (tertiary/aromatic N) is 2. The Labute approximate surface area is 143 Å². The van der Waals surface area contributed by atoms with Gasteiger partial charge in [0.15, 0.2) is 6.61 Å². The second kappa shape index (κ2) is 8.68. The fourth-order valence-corrected chi connectivity index (χ4v) is 2.98. The molecule has 24 heavy (non-hydrogen) atoms. The third-order valence-electron chi connectivity index (χ3n) is 4.44. The molecule has 1 heterocycles. The van der Waals surface area contributed by atoms with Gasteiger partial charge < -0.3 is 14.7 Å². The normalized spacial score (nSPS) is 18.3. The highest BCUT2D eigenvalue weighted by Gasteiger charge is 2.24. The summed E-state index contributed by atoms with van der Waals surface area (Å²) in [5, 5.41) is 8.90. The SMILES string of the molecule is Cc1ccc(OCC(=O)N2CCCC(N(C)CC(=O)O)CC2)cc1. The first-order valence-electron chi connectivity index (χ1n) is 8.35. The molecule has 1 amide bonds. The second-order valence-electron chi connectivity index (χ2n) is 6.38. The number of aliphatic carboxylic acids is 1. The molecule has 1 aliphatic heterocycles. The van der Waals surface area contributed by atoms with Gasteiger partial charge in [0.05, 0.1) is 6.54 Å². The van der Waals surface area contributed by atoms with Crippen LogP contribution in [-0.4, -0.2) is 66.1 Å². The van der Waals surface area contributed by atoms with E-state index in [0.717, 1.165) is 24.8 Å². The van der Waals surface area contributed by atoms with Crippen molar-refractivity contribution < 1.29 is 19.4 Å². The second-order valence-corrected chi connectivity index (χ2v) is 6.38. The highest BCUT2D eigenvalue weighted by atomic mass is 16.5. The van der Waals surface area contributed by atoms with E-state index in [-0.39, 0.29) is 25.1 Å². The van der Waals surface area contributed by atoms with Gasteiger partial charge in [-0.2, -0.15) is 0 Å². The van der Waals surface area contributed by atoms with Crippen LogP contribution in [0.5, 0.6) is 5.75 Å². The van der Waals surface area contributed by atoms with Gasteiger partial charge in [0.2, 0.25) is 0 Å². The van der Waals surface area contributed by atoms with Crippen molar-refractivity contribution in [2.75, 3.05) is 33.3 Å². The average Bonchev–Trinajstić information content (AvgIpc) is 2.79. The van der Waals surface area contributed by atoms with E-state index < -0.39 is 5.97 Å². The highest BCUT2D eigenvalue weighted by molar-refractivity contribution is 5.77. The number of rotatable bonds is 6. The molecule has 1 aromatic carbocycles. The van der Waals surface area contributed by atoms with Crippen LogP contribution in [0.1, 0.15) is 24.8 Å². The Bertz CT molecular complexity index is 559. The lowest BCUT2D eigenvalue weighted by atomic mass is 10.1. The van der Waals surface area contributed by atoms with Crippen LogP contribution < -0.4 is 4.74 Å². The van der Waals surface area contributed by atoms with Crippen LogP contribution >= 0.6 is 0 Å². The summed E-state index contributed by atoms with van der Waals surface area (Å²) in [6.45, 7) is 3.43.